The number of guanidine groups is 1. The highest BCUT2D eigenvalue weighted by Crippen LogP contribution is 2.11. The number of anilines is 1. The predicted molar refractivity (Wildman–Crippen MR) is 90.8 cm³/mol. The normalized spacial score (nSPS) is 11.6. The van der Waals surface area contributed by atoms with Crippen molar-refractivity contribution < 1.29 is 5.03 Å². The van der Waals surface area contributed by atoms with Gasteiger partial charge < -0.3 is 22.1 Å². The number of benzene rings is 1. The summed E-state index contributed by atoms with van der Waals surface area (Å²) in [5.41, 5.74) is 15.5. The van der Waals surface area contributed by atoms with Crippen molar-refractivity contribution in [1.29, 1.82) is 5.41 Å². The maximum absolute atomic E-state index is 10.1. The highest BCUT2D eigenvalue weighted by Gasteiger charge is 2.05. The lowest BCUT2D eigenvalue weighted by molar-refractivity contribution is -0.525. The van der Waals surface area contributed by atoms with E-state index < -0.39 is 5.03 Å². The standard InChI is InChI=1S/C14H25N7O2/c15-7-6-11-3-1-5-13(9-11)19-10-12(16)4-2-8-18-14(17)20-21(22)23/h1,3,5,9,12,19H,2,4,6-8,10,15-16H2,(H3,17,18,20)/t12-/m0/s1. The lowest BCUT2D eigenvalue weighted by Gasteiger charge is -2.14. The van der Waals surface area contributed by atoms with Gasteiger partial charge in [0.15, 0.2) is 5.03 Å². The zero-order valence-electron chi connectivity index (χ0n) is 13.0. The molecular formula is C14H25N7O2. The molecule has 0 aliphatic carbocycles. The van der Waals surface area contributed by atoms with Crippen LogP contribution in [0.5, 0.6) is 0 Å². The van der Waals surface area contributed by atoms with Crippen molar-refractivity contribution in [3.63, 3.8) is 0 Å². The molecule has 0 spiro atoms. The van der Waals surface area contributed by atoms with Crippen molar-refractivity contribution in [1.82, 2.24) is 10.7 Å². The zero-order valence-corrected chi connectivity index (χ0v) is 13.0. The number of nitrogens with zero attached hydrogens (tertiary/aromatic N) is 1. The van der Waals surface area contributed by atoms with Crippen molar-refractivity contribution in [2.24, 2.45) is 11.5 Å². The van der Waals surface area contributed by atoms with E-state index in [-0.39, 0.29) is 12.0 Å². The van der Waals surface area contributed by atoms with Crippen LogP contribution in [0.15, 0.2) is 24.3 Å². The molecule has 128 valence electrons. The molecule has 0 heterocycles. The molecule has 0 aromatic heterocycles. The smallest absolute Gasteiger partial charge is 0.251 e. The number of hydrogen-bond donors (Lipinski definition) is 6. The van der Waals surface area contributed by atoms with Gasteiger partial charge in [0.05, 0.1) is 0 Å². The summed E-state index contributed by atoms with van der Waals surface area (Å²) in [4.78, 5) is 10.1. The summed E-state index contributed by atoms with van der Waals surface area (Å²) in [7, 11) is 0. The minimum atomic E-state index is -0.774. The van der Waals surface area contributed by atoms with E-state index in [4.69, 9.17) is 16.9 Å². The Hall–Kier alpha value is -2.39. The number of hydrazine groups is 1. The molecule has 1 aromatic carbocycles. The number of hydrogen-bond acceptors (Lipinski definition) is 6. The van der Waals surface area contributed by atoms with Crippen LogP contribution in [0.25, 0.3) is 0 Å². The predicted octanol–water partition coefficient (Wildman–Crippen LogP) is 0.0129. The SMILES string of the molecule is N=C(NCCC[C@H](N)CNc1cccc(CCN)c1)N[N+](=O)[O-]. The Kier molecular flexibility index (Phi) is 8.40. The molecule has 0 bridgehead atoms. The summed E-state index contributed by atoms with van der Waals surface area (Å²) in [6.07, 6.45) is 2.31. The first kappa shape index (κ1) is 18.7. The fourth-order valence-electron chi connectivity index (χ4n) is 2.06. The fraction of sp³-hybridized carbons (Fsp3) is 0.500. The Morgan fingerprint density at radius 2 is 2.22 bits per heavy atom. The second-order valence-electron chi connectivity index (χ2n) is 5.19. The first-order chi connectivity index (χ1) is 11.0. The topological polar surface area (TPSA) is 155 Å². The number of nitrogens with two attached hydrogens (primary N) is 2. The van der Waals surface area contributed by atoms with Crippen molar-refractivity contribution in [2.45, 2.75) is 25.3 Å². The molecule has 1 atom stereocenters. The Morgan fingerprint density at radius 3 is 2.91 bits per heavy atom. The van der Waals surface area contributed by atoms with Crippen LogP contribution in [-0.4, -0.2) is 36.7 Å². The van der Waals surface area contributed by atoms with Gasteiger partial charge in [-0.05, 0) is 43.5 Å². The van der Waals surface area contributed by atoms with Crippen LogP contribution in [0.2, 0.25) is 0 Å². The first-order valence-electron chi connectivity index (χ1n) is 7.53. The Morgan fingerprint density at radius 1 is 1.43 bits per heavy atom. The summed E-state index contributed by atoms with van der Waals surface area (Å²) in [5, 5.41) is 22.5. The average Bonchev–Trinajstić information content (AvgIpc) is 2.49. The van der Waals surface area contributed by atoms with Crippen LogP contribution in [0.4, 0.5) is 5.69 Å². The van der Waals surface area contributed by atoms with Gasteiger partial charge >= 0.3 is 0 Å². The molecule has 0 amide bonds. The van der Waals surface area contributed by atoms with Crippen molar-refractivity contribution in [2.75, 3.05) is 25.0 Å². The fourth-order valence-corrected chi connectivity index (χ4v) is 2.06. The molecule has 1 aromatic rings. The number of rotatable bonds is 10. The van der Waals surface area contributed by atoms with E-state index >= 15 is 0 Å². The monoisotopic (exact) mass is 323 g/mol. The molecule has 8 N–H and O–H groups in total. The molecule has 9 nitrogen and oxygen atoms in total. The van der Waals surface area contributed by atoms with Crippen LogP contribution >= 0.6 is 0 Å². The number of nitrogens with one attached hydrogen (secondary N) is 4. The minimum Gasteiger partial charge on any atom is -0.383 e. The third-order valence-corrected chi connectivity index (χ3v) is 3.18. The third kappa shape index (κ3) is 8.59. The molecule has 0 aliphatic rings. The van der Waals surface area contributed by atoms with Crippen LogP contribution in [0.1, 0.15) is 18.4 Å². The summed E-state index contributed by atoms with van der Waals surface area (Å²) in [6.45, 7) is 1.71. The van der Waals surface area contributed by atoms with E-state index in [9.17, 15) is 10.1 Å². The lowest BCUT2D eigenvalue weighted by Crippen LogP contribution is -2.40. The maximum Gasteiger partial charge on any atom is 0.251 e. The van der Waals surface area contributed by atoms with Crippen LogP contribution in [0, 0.1) is 15.5 Å². The van der Waals surface area contributed by atoms with Crippen molar-refractivity contribution in [3.8, 4) is 0 Å². The van der Waals surface area contributed by atoms with E-state index in [1.807, 2.05) is 18.2 Å². The molecule has 9 heteroatoms. The maximum atomic E-state index is 10.1. The molecule has 0 unspecified atom stereocenters. The second kappa shape index (κ2) is 10.4. The summed E-state index contributed by atoms with van der Waals surface area (Å²) < 4.78 is 0. The molecule has 0 saturated heterocycles. The molecular weight excluding hydrogens is 298 g/mol. The van der Waals surface area contributed by atoms with E-state index in [0.717, 1.165) is 24.9 Å². The molecule has 1 rings (SSSR count). The summed E-state index contributed by atoms with van der Waals surface area (Å²) in [6, 6.07) is 8.03. The van der Waals surface area contributed by atoms with E-state index in [1.54, 1.807) is 5.43 Å². The van der Waals surface area contributed by atoms with Crippen molar-refractivity contribution in [3.05, 3.63) is 39.9 Å². The summed E-state index contributed by atoms with van der Waals surface area (Å²) in [5.74, 6) is -0.321. The van der Waals surface area contributed by atoms with Crippen LogP contribution in [-0.2, 0) is 6.42 Å². The molecule has 0 radical (unpaired) electrons. The lowest BCUT2D eigenvalue weighted by atomic mass is 10.1. The Balaban J connectivity index is 2.19. The second-order valence-corrected chi connectivity index (χ2v) is 5.19. The average molecular weight is 323 g/mol. The van der Waals surface area contributed by atoms with Gasteiger partial charge in [0.1, 0.15) is 0 Å². The van der Waals surface area contributed by atoms with Gasteiger partial charge in [-0.3, -0.25) is 5.41 Å². The minimum absolute atomic E-state index is 0.0346. The largest absolute Gasteiger partial charge is 0.383 e. The highest BCUT2D eigenvalue weighted by molar-refractivity contribution is 5.74. The first-order valence-corrected chi connectivity index (χ1v) is 7.53. The van der Waals surface area contributed by atoms with Gasteiger partial charge in [-0.1, -0.05) is 17.6 Å². The highest BCUT2D eigenvalue weighted by atomic mass is 16.7. The van der Waals surface area contributed by atoms with Crippen LogP contribution in [0.3, 0.4) is 0 Å². The van der Waals surface area contributed by atoms with Gasteiger partial charge in [0.25, 0.3) is 5.96 Å². The van der Waals surface area contributed by atoms with Gasteiger partial charge in [-0.15, -0.1) is 0 Å². The van der Waals surface area contributed by atoms with E-state index in [2.05, 4.69) is 16.7 Å². The Bertz CT molecular complexity index is 510. The quantitative estimate of drug-likeness (QED) is 0.116. The van der Waals surface area contributed by atoms with E-state index in [1.165, 1.54) is 5.56 Å². The van der Waals surface area contributed by atoms with Crippen molar-refractivity contribution >= 4 is 11.6 Å². The van der Waals surface area contributed by atoms with Gasteiger partial charge in [-0.2, -0.15) is 0 Å². The van der Waals surface area contributed by atoms with Crippen LogP contribution < -0.4 is 27.5 Å². The molecule has 0 aliphatic heterocycles. The Labute approximate surface area is 135 Å². The molecule has 0 fully saturated rings. The molecule has 23 heavy (non-hydrogen) atoms. The number of nitro groups is 1. The van der Waals surface area contributed by atoms with Gasteiger partial charge in [0, 0.05) is 24.8 Å². The van der Waals surface area contributed by atoms with E-state index in [0.29, 0.717) is 19.6 Å². The van der Waals surface area contributed by atoms with Gasteiger partial charge in [-0.25, -0.2) is 10.1 Å². The van der Waals surface area contributed by atoms with Gasteiger partial charge in [0.2, 0.25) is 0 Å². The third-order valence-electron chi connectivity index (χ3n) is 3.18. The summed E-state index contributed by atoms with van der Waals surface area (Å²) >= 11 is 0. The molecule has 0 saturated carbocycles. The zero-order chi connectivity index (χ0) is 17.1.